The van der Waals surface area contributed by atoms with E-state index in [4.69, 9.17) is 30.0 Å². The molecular formula is C108H222Cr6N18P6+6. The van der Waals surface area contributed by atoms with Gasteiger partial charge >= 0.3 is 104 Å². The van der Waals surface area contributed by atoms with Crippen molar-refractivity contribution in [2.24, 2.45) is 41.8 Å². The van der Waals surface area contributed by atoms with Crippen molar-refractivity contribution >= 4 is 84.2 Å². The number of fused-ring (bicyclic) bond motifs is 6. The Kier molecular flexibility index (Phi) is 84.5. The molecule has 18 aliphatic rings. The summed E-state index contributed by atoms with van der Waals surface area (Å²) >= 11 is 0. The molecule has 2 atom stereocenters. The van der Waals surface area contributed by atoms with Gasteiger partial charge in [0.2, 0.25) is 35.8 Å². The van der Waals surface area contributed by atoms with Gasteiger partial charge in [0, 0.05) is 105 Å². The summed E-state index contributed by atoms with van der Waals surface area (Å²) in [6.45, 7) is 59.9. The van der Waals surface area contributed by atoms with Crippen molar-refractivity contribution in [3.8, 4) is 0 Å². The van der Waals surface area contributed by atoms with Crippen LogP contribution in [0.3, 0.4) is 0 Å². The molecule has 2 unspecified atom stereocenters. The Bertz CT molecular complexity index is 3150. The Labute approximate surface area is 934 Å². The van der Waals surface area contributed by atoms with Gasteiger partial charge < -0.3 is 119 Å². The molecular weight excluding hydrogens is 2050 g/mol. The smallest absolute Gasteiger partial charge is 0.358 e. The maximum atomic E-state index is 5.14. The fourth-order valence-electron chi connectivity index (χ4n) is 25.4. The zero-order valence-corrected chi connectivity index (χ0v) is 108. The molecule has 12 heterocycles. The summed E-state index contributed by atoms with van der Waals surface area (Å²) in [5.74, 6) is 9.94. The first-order valence-electron chi connectivity index (χ1n) is 52.0. The van der Waals surface area contributed by atoms with Crippen molar-refractivity contribution in [2.75, 3.05) is 156 Å². The molecule has 0 spiro atoms. The van der Waals surface area contributed by atoms with Gasteiger partial charge in [0.05, 0.1) is 128 Å². The Hall–Kier alpha value is 1.39. The van der Waals surface area contributed by atoms with Gasteiger partial charge in [0.25, 0.3) is 0 Å². The minimum absolute atomic E-state index is 0. The Morgan fingerprint density at radius 2 is 0.406 bits per heavy atom. The summed E-state index contributed by atoms with van der Waals surface area (Å²) in [7, 11) is -2.74. The molecule has 0 amide bonds. The predicted octanol–water partition coefficient (Wildman–Crippen LogP) is 26.8. The van der Waals surface area contributed by atoms with E-state index in [2.05, 4.69) is 154 Å². The summed E-state index contributed by atoms with van der Waals surface area (Å²) in [5.41, 5.74) is 9.47. The molecule has 804 valence electrons. The van der Waals surface area contributed by atoms with Crippen LogP contribution in [0.5, 0.6) is 0 Å². The topological polar surface area (TPSA) is 113 Å². The van der Waals surface area contributed by atoms with E-state index < -0.39 is 48.4 Å². The molecule has 12 fully saturated rings. The van der Waals surface area contributed by atoms with E-state index in [1.54, 1.807) is 0 Å². The fourth-order valence-corrected chi connectivity index (χ4v) is 48.9. The summed E-state index contributed by atoms with van der Waals surface area (Å²) in [4.78, 5) is 45.3. The summed E-state index contributed by atoms with van der Waals surface area (Å²) in [6.07, 6.45) is 57.5. The molecule has 18 nitrogen and oxygen atoms in total. The molecule has 0 N–H and O–H groups in total. The average Bonchev–Trinajstić information content (AvgIpc) is 1.60. The van der Waals surface area contributed by atoms with Gasteiger partial charge in [0.15, 0.2) is 0 Å². The van der Waals surface area contributed by atoms with E-state index in [0.717, 1.165) is 94.6 Å². The van der Waals surface area contributed by atoms with Gasteiger partial charge in [-0.2, -0.15) is 0 Å². The van der Waals surface area contributed by atoms with Crippen molar-refractivity contribution in [1.29, 1.82) is 0 Å². The van der Waals surface area contributed by atoms with Gasteiger partial charge in [-0.3, -0.25) is 20.0 Å². The molecule has 138 heavy (non-hydrogen) atoms. The molecule has 18 rings (SSSR count). The molecule has 0 aromatic heterocycles. The Morgan fingerprint density at radius 3 is 0.652 bits per heavy atom. The van der Waals surface area contributed by atoms with Crippen molar-refractivity contribution in [1.82, 2.24) is 57.4 Å². The first kappa shape index (κ1) is 150. The third-order valence-corrected chi connectivity index (χ3v) is 52.6. The van der Waals surface area contributed by atoms with Crippen LogP contribution in [0.4, 0.5) is 0 Å². The molecule has 30 heteroatoms. The van der Waals surface area contributed by atoms with Crippen LogP contribution in [0.25, 0.3) is 0 Å². The van der Waals surface area contributed by atoms with Crippen molar-refractivity contribution in [2.45, 2.75) is 410 Å². The minimum Gasteiger partial charge on any atom is -0.358 e. The number of aliphatic imine (C=N–C) groups is 6. The van der Waals surface area contributed by atoms with E-state index in [-0.39, 0.29) is 193 Å². The Balaban J connectivity index is -0.000000370. The largest absolute Gasteiger partial charge is 2.00 e. The van der Waals surface area contributed by atoms with Crippen LogP contribution >= 0.6 is 48.4 Å². The van der Waals surface area contributed by atoms with E-state index >= 15 is 0 Å². The van der Waals surface area contributed by atoms with E-state index in [1.165, 1.54) is 410 Å². The van der Waals surface area contributed by atoms with Gasteiger partial charge in [-0.05, 0) is 312 Å². The van der Waals surface area contributed by atoms with E-state index in [0.29, 0.717) is 12.1 Å². The minimum atomic E-state index is -0.510. The van der Waals surface area contributed by atoms with Gasteiger partial charge in [-0.1, -0.05) is 40.5 Å². The number of guanidine groups is 6. The summed E-state index contributed by atoms with van der Waals surface area (Å²) < 4.78 is 16.8. The fraction of sp³-hybridized carbons (Fsp3) is 0.833. The van der Waals surface area contributed by atoms with Crippen molar-refractivity contribution < 1.29 is 104 Å². The van der Waals surface area contributed by atoms with Gasteiger partial charge in [0.1, 0.15) is 40.4 Å². The van der Waals surface area contributed by atoms with E-state index in [1.807, 2.05) is 0 Å². The van der Waals surface area contributed by atoms with E-state index in [9.17, 15) is 0 Å². The van der Waals surface area contributed by atoms with Crippen molar-refractivity contribution in [3.05, 3.63) is 89.1 Å². The standard InChI is InChI=1S/C19H34N3P.C18H32N3P.C17H30N3P.C15H30N3P.C14H28N3P.C13H26N3P.12CH3.6Cr/c1-3-9-17(10-4-1)23(18-11-5-2-6-12-18)22-16-8-15-21-14-7-13-20-19(21)22;1-15-11-14-20-12-6-13-21(18(20)19-15)22(16-7-2-3-8-16)17-9-4-5-10-17;1-2-8-15(7-1)21(16-9-3-4-10-16)20-14-6-13-19-12-5-11-18-17(19)20;1-13(2)11-19(12-14(3)4)18-10-6-9-17-8-5-7-16-15(17)18;1-11(2)18(12(3)4)17-9-6-8-16-10-7-13(5)15-14(16)17;1-11(2)17(12(3)4)16-10-6-9-15-8-5-7-14-13(15)16;;;;;;;;;;;;;;;;;;/h17-18H,1-16H2;15-17H,2-14H2,1H3;15-16H,1-14H2;13-14H,5-12H2,1-4H3;11-13H,6-10H2,1-5H3;11-12H,5-10H2,1-4H3;12*1H3;;;;;;/q;;;;;;12*-1;6*+2/p+6. The monoisotopic (exact) mass is 2270 g/mol. The van der Waals surface area contributed by atoms with Crippen LogP contribution in [0.15, 0.2) is 30.0 Å². The SMILES string of the molecule is C1CCC([PH+](C2CCCC2)N2CCCN3CCCN=C32)C1.C1CCC([PH+](C2CCCCC2)N2CCCN3CCCN=C32)CC1.CC(C)C[PH+](CC(C)C)N1CCCN2CCCN=C21.CC(C)[PH+](C(C)C)N1CCCN2CCCN=C21.CC1CCN2CCCN([PH+](C(C)C)C(C)C)C2=N1.CC1CCN2CCCN([PH+](C3CCCC3)C3CCCC3)C2=N1.[CH3-].[CH3-].[CH3-].[CH3-].[CH3-].[CH3-].[CH3-].[CH3-].[CH3-].[CH3-].[CH3-].[CH3-].[Cr+2].[Cr+2].[Cr+2].[Cr+2].[Cr+2].[Cr+2]. The molecule has 0 radical (unpaired) electrons. The number of hydrogen-bond acceptors (Lipinski definition) is 18. The van der Waals surface area contributed by atoms with Crippen LogP contribution in [-0.2, 0) is 104 Å². The molecule has 12 aliphatic heterocycles. The molecule has 0 bridgehead atoms. The molecule has 0 aromatic rings. The average molecular weight is 2270 g/mol. The maximum Gasteiger partial charge on any atom is 2.00 e. The number of nitrogens with zero attached hydrogens (tertiary/aromatic N) is 18. The normalized spacial score (nSPS) is 22.6. The van der Waals surface area contributed by atoms with Crippen LogP contribution in [0.2, 0.25) is 0 Å². The quantitative estimate of drug-likeness (QED) is 0.0854. The van der Waals surface area contributed by atoms with Crippen molar-refractivity contribution in [3.63, 3.8) is 0 Å². The summed E-state index contributed by atoms with van der Waals surface area (Å²) in [6, 6.07) is 1.06. The van der Waals surface area contributed by atoms with Gasteiger partial charge in [-0.15, -0.1) is 0 Å². The predicted molar refractivity (Wildman–Crippen MR) is 618 cm³/mol. The second-order valence-electron chi connectivity index (χ2n) is 42.3. The second-order valence-corrected chi connectivity index (χ2v) is 61.3. The zero-order chi connectivity index (χ0) is 84.0. The van der Waals surface area contributed by atoms with Crippen LogP contribution < -0.4 is 0 Å². The first-order chi connectivity index (χ1) is 58.4. The number of rotatable bonds is 20. The van der Waals surface area contributed by atoms with Gasteiger partial charge in [-0.25, -0.2) is 38.0 Å². The van der Waals surface area contributed by atoms with Crippen LogP contribution in [0.1, 0.15) is 341 Å². The second kappa shape index (κ2) is 77.7. The Morgan fingerprint density at radius 1 is 0.217 bits per heavy atom. The third-order valence-electron chi connectivity index (χ3n) is 30.4. The molecule has 6 saturated heterocycles. The first-order valence-corrected chi connectivity index (χ1v) is 61.9. The number of hydrogen-bond donors (Lipinski definition) is 0. The molecule has 6 aliphatic carbocycles. The zero-order valence-electron chi connectivity index (χ0n) is 94.4. The van der Waals surface area contributed by atoms with Crippen LogP contribution in [0, 0.1) is 101 Å². The van der Waals surface area contributed by atoms with Crippen LogP contribution in [-0.4, -0.2) is 318 Å². The summed E-state index contributed by atoms with van der Waals surface area (Å²) in [5, 5.41) is 0. The molecule has 6 saturated carbocycles. The maximum absolute atomic E-state index is 5.14. The third kappa shape index (κ3) is 41.8. The molecule has 0 aromatic carbocycles.